The van der Waals surface area contributed by atoms with Crippen LogP contribution in [0.25, 0.3) is 0 Å². The maximum Gasteiger partial charge on any atom is 0.289 e. The average Bonchev–Trinajstić information content (AvgIpc) is 2.74. The van der Waals surface area contributed by atoms with Crippen LogP contribution in [0.3, 0.4) is 0 Å². The van der Waals surface area contributed by atoms with E-state index < -0.39 is 0 Å². The van der Waals surface area contributed by atoms with Gasteiger partial charge in [-0.25, -0.2) is 4.98 Å². The summed E-state index contributed by atoms with van der Waals surface area (Å²) in [6.07, 6.45) is 5.81. The number of hydrogen-bond acceptors (Lipinski definition) is 3. The molecule has 1 aliphatic rings. The number of alkyl halides is 1. The fraction of sp³-hybridized carbons (Fsp3) is 0.667. The first-order chi connectivity index (χ1) is 8.18. The zero-order valence-electron chi connectivity index (χ0n) is 9.91. The molecule has 1 aromatic rings. The number of aromatic nitrogens is 1. The van der Waals surface area contributed by atoms with Gasteiger partial charge in [-0.15, -0.1) is 11.6 Å². The summed E-state index contributed by atoms with van der Waals surface area (Å²) in [5.74, 6) is 0.471. The van der Waals surface area contributed by atoms with Crippen molar-refractivity contribution in [2.24, 2.45) is 5.92 Å². The van der Waals surface area contributed by atoms with Gasteiger partial charge in [-0.1, -0.05) is 12.8 Å². The summed E-state index contributed by atoms with van der Waals surface area (Å²) in [5.41, 5.74) is 0.619. The van der Waals surface area contributed by atoms with Crippen molar-refractivity contribution in [3.63, 3.8) is 0 Å². The van der Waals surface area contributed by atoms with Crippen LogP contribution in [0.5, 0.6) is 0 Å². The number of amides is 1. The number of nitrogens with zero attached hydrogens (tertiary/aromatic N) is 1. The highest BCUT2D eigenvalue weighted by molar-refractivity contribution is 6.20. The van der Waals surface area contributed by atoms with E-state index in [4.69, 9.17) is 16.0 Å². The standard InChI is InChI=1S/C12H17ClN2O2/c1-8-11(17-7-15-8)12(16)14-6-9-4-2-3-5-10(9)13/h7,9-10H,2-6H2,1H3,(H,14,16). The van der Waals surface area contributed by atoms with Crippen molar-refractivity contribution in [2.45, 2.75) is 38.0 Å². The molecule has 17 heavy (non-hydrogen) atoms. The van der Waals surface area contributed by atoms with Crippen molar-refractivity contribution in [1.29, 1.82) is 0 Å². The van der Waals surface area contributed by atoms with Gasteiger partial charge in [-0.05, 0) is 25.7 Å². The van der Waals surface area contributed by atoms with E-state index in [1.807, 2.05) is 0 Å². The van der Waals surface area contributed by atoms with Gasteiger partial charge in [0.05, 0.1) is 5.69 Å². The molecular formula is C12H17ClN2O2. The van der Waals surface area contributed by atoms with Crippen LogP contribution in [0.4, 0.5) is 0 Å². The lowest BCUT2D eigenvalue weighted by Crippen LogP contribution is -2.34. The molecule has 1 fully saturated rings. The van der Waals surface area contributed by atoms with E-state index >= 15 is 0 Å². The fourth-order valence-corrected chi connectivity index (χ4v) is 2.59. The van der Waals surface area contributed by atoms with Crippen LogP contribution in [0.1, 0.15) is 41.9 Å². The van der Waals surface area contributed by atoms with Gasteiger partial charge in [0.25, 0.3) is 5.91 Å². The van der Waals surface area contributed by atoms with Crippen LogP contribution in [0.15, 0.2) is 10.8 Å². The van der Waals surface area contributed by atoms with Crippen LogP contribution >= 0.6 is 11.6 Å². The molecule has 0 aromatic carbocycles. The predicted octanol–water partition coefficient (Wildman–Crippen LogP) is 2.51. The Morgan fingerprint density at radius 3 is 3.00 bits per heavy atom. The zero-order valence-corrected chi connectivity index (χ0v) is 10.7. The van der Waals surface area contributed by atoms with Crippen LogP contribution < -0.4 is 5.32 Å². The second kappa shape index (κ2) is 5.54. The first-order valence-electron chi connectivity index (χ1n) is 6.01. The monoisotopic (exact) mass is 256 g/mol. The highest BCUT2D eigenvalue weighted by atomic mass is 35.5. The molecule has 5 heteroatoms. The molecule has 2 rings (SSSR count). The molecule has 94 valence electrons. The largest absolute Gasteiger partial charge is 0.438 e. The quantitative estimate of drug-likeness (QED) is 0.846. The molecule has 1 saturated carbocycles. The number of oxazole rings is 1. The number of aryl methyl sites for hydroxylation is 1. The van der Waals surface area contributed by atoms with Crippen LogP contribution in [-0.2, 0) is 0 Å². The maximum absolute atomic E-state index is 11.8. The van der Waals surface area contributed by atoms with Crippen molar-refractivity contribution >= 4 is 17.5 Å². The molecule has 1 amide bonds. The lowest BCUT2D eigenvalue weighted by molar-refractivity contribution is 0.0915. The lowest BCUT2D eigenvalue weighted by atomic mass is 9.89. The van der Waals surface area contributed by atoms with E-state index in [1.54, 1.807) is 6.92 Å². The van der Waals surface area contributed by atoms with E-state index in [0.29, 0.717) is 23.9 Å². The van der Waals surface area contributed by atoms with E-state index in [1.165, 1.54) is 19.2 Å². The minimum Gasteiger partial charge on any atom is -0.438 e. The van der Waals surface area contributed by atoms with Gasteiger partial charge in [0.15, 0.2) is 6.39 Å². The molecule has 4 nitrogen and oxygen atoms in total. The third kappa shape index (κ3) is 3.00. The molecule has 1 N–H and O–H groups in total. The number of hydrogen-bond donors (Lipinski definition) is 1. The lowest BCUT2D eigenvalue weighted by Gasteiger charge is -2.26. The van der Waals surface area contributed by atoms with E-state index in [9.17, 15) is 4.79 Å². The van der Waals surface area contributed by atoms with E-state index in [0.717, 1.165) is 12.8 Å². The summed E-state index contributed by atoms with van der Waals surface area (Å²) in [7, 11) is 0. The Bertz CT molecular complexity index is 392. The van der Waals surface area contributed by atoms with Gasteiger partial charge in [-0.3, -0.25) is 4.79 Å². The maximum atomic E-state index is 11.8. The second-order valence-corrected chi connectivity index (χ2v) is 5.10. The Morgan fingerprint density at radius 1 is 1.59 bits per heavy atom. The molecule has 2 unspecified atom stereocenters. The average molecular weight is 257 g/mol. The van der Waals surface area contributed by atoms with E-state index in [2.05, 4.69) is 10.3 Å². The topological polar surface area (TPSA) is 55.1 Å². The number of rotatable bonds is 3. The van der Waals surface area contributed by atoms with Gasteiger partial charge in [-0.2, -0.15) is 0 Å². The van der Waals surface area contributed by atoms with Crippen molar-refractivity contribution in [3.05, 3.63) is 17.8 Å². The number of carbonyl (C=O) groups is 1. The van der Waals surface area contributed by atoms with Crippen LogP contribution in [-0.4, -0.2) is 22.8 Å². The molecule has 2 atom stereocenters. The summed E-state index contributed by atoms with van der Waals surface area (Å²) < 4.78 is 5.04. The normalized spacial score (nSPS) is 24.6. The summed E-state index contributed by atoms with van der Waals surface area (Å²) in [6.45, 7) is 2.37. The molecule has 0 radical (unpaired) electrons. The second-order valence-electron chi connectivity index (χ2n) is 4.54. The third-order valence-electron chi connectivity index (χ3n) is 3.29. The molecule has 1 heterocycles. The van der Waals surface area contributed by atoms with Crippen molar-refractivity contribution in [3.8, 4) is 0 Å². The molecule has 0 aliphatic heterocycles. The first kappa shape index (κ1) is 12.4. The Hall–Kier alpha value is -1.03. The summed E-state index contributed by atoms with van der Waals surface area (Å²) in [4.78, 5) is 15.7. The Labute approximate surface area is 106 Å². The smallest absolute Gasteiger partial charge is 0.289 e. The highest BCUT2D eigenvalue weighted by Crippen LogP contribution is 2.28. The first-order valence-corrected chi connectivity index (χ1v) is 6.44. The van der Waals surface area contributed by atoms with Gasteiger partial charge >= 0.3 is 0 Å². The summed E-state index contributed by atoms with van der Waals surface area (Å²) in [5, 5.41) is 3.05. The molecule has 0 saturated heterocycles. The summed E-state index contributed by atoms with van der Waals surface area (Å²) in [6, 6.07) is 0. The van der Waals surface area contributed by atoms with Gasteiger partial charge in [0.1, 0.15) is 0 Å². The Morgan fingerprint density at radius 2 is 2.35 bits per heavy atom. The van der Waals surface area contributed by atoms with Gasteiger partial charge < -0.3 is 9.73 Å². The minimum absolute atomic E-state index is 0.180. The number of carbonyl (C=O) groups excluding carboxylic acids is 1. The molecule has 1 aliphatic carbocycles. The molecule has 0 spiro atoms. The fourth-order valence-electron chi connectivity index (χ4n) is 2.22. The summed E-state index contributed by atoms with van der Waals surface area (Å²) >= 11 is 6.24. The molecule has 0 bridgehead atoms. The Kier molecular flexibility index (Phi) is 4.05. The molecule has 1 aromatic heterocycles. The van der Waals surface area contributed by atoms with Crippen molar-refractivity contribution in [1.82, 2.24) is 10.3 Å². The van der Waals surface area contributed by atoms with Crippen molar-refractivity contribution in [2.75, 3.05) is 6.54 Å². The van der Waals surface area contributed by atoms with Gasteiger partial charge in [0.2, 0.25) is 5.76 Å². The predicted molar refractivity (Wildman–Crippen MR) is 65.2 cm³/mol. The highest BCUT2D eigenvalue weighted by Gasteiger charge is 2.24. The van der Waals surface area contributed by atoms with E-state index in [-0.39, 0.29) is 11.3 Å². The zero-order chi connectivity index (χ0) is 12.3. The SMILES string of the molecule is Cc1ncoc1C(=O)NCC1CCCCC1Cl. The van der Waals surface area contributed by atoms with Crippen LogP contribution in [0, 0.1) is 12.8 Å². The minimum atomic E-state index is -0.200. The van der Waals surface area contributed by atoms with Crippen LogP contribution in [0.2, 0.25) is 0 Å². The molecular weight excluding hydrogens is 240 g/mol. The number of halogens is 1. The Balaban J connectivity index is 1.86. The third-order valence-corrected chi connectivity index (χ3v) is 3.87. The van der Waals surface area contributed by atoms with Gasteiger partial charge in [0, 0.05) is 11.9 Å². The number of nitrogens with one attached hydrogen (secondary N) is 1. The van der Waals surface area contributed by atoms with Crippen molar-refractivity contribution < 1.29 is 9.21 Å².